The summed E-state index contributed by atoms with van der Waals surface area (Å²) in [4.78, 5) is 7.43. The number of hydrogen-bond donors (Lipinski definition) is 2. The molecule has 0 saturated heterocycles. The Morgan fingerprint density at radius 1 is 1.35 bits per heavy atom. The van der Waals surface area contributed by atoms with Crippen molar-refractivity contribution in [3.05, 3.63) is 53.3 Å². The van der Waals surface area contributed by atoms with Gasteiger partial charge in [-0.3, -0.25) is 0 Å². The number of nitrogens with zero attached hydrogens (tertiary/aromatic N) is 1. The zero-order chi connectivity index (χ0) is 13.9. The zero-order valence-electron chi connectivity index (χ0n) is 11.0. The van der Waals surface area contributed by atoms with Gasteiger partial charge in [-0.2, -0.15) is 0 Å². The van der Waals surface area contributed by atoms with Gasteiger partial charge in [-0.25, -0.2) is 4.98 Å². The lowest BCUT2D eigenvalue weighted by atomic mass is 10.2. The number of fused-ring (bicyclic) bond motifs is 1. The van der Waals surface area contributed by atoms with E-state index < -0.39 is 0 Å². The fourth-order valence-corrected chi connectivity index (χ4v) is 2.32. The molecule has 3 rings (SSSR count). The molecule has 4 nitrogen and oxygen atoms in total. The van der Waals surface area contributed by atoms with E-state index in [1.165, 1.54) is 5.56 Å². The molecule has 2 heterocycles. The van der Waals surface area contributed by atoms with E-state index in [2.05, 4.69) is 21.4 Å². The smallest absolute Gasteiger partial charge is 0.139 e. The van der Waals surface area contributed by atoms with Crippen molar-refractivity contribution in [1.29, 1.82) is 0 Å². The third-order valence-electron chi connectivity index (χ3n) is 3.17. The van der Waals surface area contributed by atoms with Gasteiger partial charge in [0.15, 0.2) is 0 Å². The van der Waals surface area contributed by atoms with Crippen LogP contribution in [0.2, 0.25) is 5.02 Å². The van der Waals surface area contributed by atoms with Gasteiger partial charge in [-0.15, -0.1) is 0 Å². The Bertz CT molecular complexity index is 739. The van der Waals surface area contributed by atoms with E-state index in [0.717, 1.165) is 16.7 Å². The van der Waals surface area contributed by atoms with Gasteiger partial charge in [0, 0.05) is 36.1 Å². The number of H-pyrrole nitrogens is 1. The first kappa shape index (κ1) is 12.8. The second-order valence-electron chi connectivity index (χ2n) is 4.42. The van der Waals surface area contributed by atoms with Gasteiger partial charge in [0.2, 0.25) is 0 Å². The van der Waals surface area contributed by atoms with Gasteiger partial charge in [0.1, 0.15) is 11.4 Å². The van der Waals surface area contributed by atoms with Crippen molar-refractivity contribution >= 4 is 28.3 Å². The first-order valence-corrected chi connectivity index (χ1v) is 6.64. The molecule has 5 heteroatoms. The largest absolute Gasteiger partial charge is 0.495 e. The molecule has 0 unspecified atom stereocenters. The topological polar surface area (TPSA) is 49.9 Å². The molecule has 1 aromatic carbocycles. The van der Waals surface area contributed by atoms with E-state index in [1.807, 2.05) is 30.5 Å². The number of anilines is 1. The standard InChI is InChI=1S/C15H14ClN3O/c1-20-14-7-11(4-5-13(14)16)18-8-10-9-19-15-12(10)3-2-6-17-15/h2-7,9,18H,8H2,1H3,(H,17,19). The average molecular weight is 288 g/mol. The Kier molecular flexibility index (Phi) is 3.48. The van der Waals surface area contributed by atoms with Crippen LogP contribution in [0.5, 0.6) is 5.75 Å². The molecule has 0 atom stereocenters. The maximum absolute atomic E-state index is 6.01. The van der Waals surface area contributed by atoms with E-state index >= 15 is 0 Å². The molecule has 0 fully saturated rings. The molecule has 0 radical (unpaired) electrons. The fourth-order valence-electron chi connectivity index (χ4n) is 2.13. The second kappa shape index (κ2) is 5.43. The normalized spacial score (nSPS) is 10.7. The number of hydrogen-bond acceptors (Lipinski definition) is 3. The number of halogens is 1. The highest BCUT2D eigenvalue weighted by Gasteiger charge is 2.05. The quantitative estimate of drug-likeness (QED) is 0.766. The van der Waals surface area contributed by atoms with Gasteiger partial charge in [-0.1, -0.05) is 11.6 Å². The van der Waals surface area contributed by atoms with Crippen molar-refractivity contribution in [2.24, 2.45) is 0 Å². The van der Waals surface area contributed by atoms with Crippen molar-refractivity contribution in [1.82, 2.24) is 9.97 Å². The molecule has 3 aromatic rings. The van der Waals surface area contributed by atoms with Gasteiger partial charge >= 0.3 is 0 Å². The lowest BCUT2D eigenvalue weighted by Gasteiger charge is -2.08. The van der Waals surface area contributed by atoms with E-state index in [9.17, 15) is 0 Å². The van der Waals surface area contributed by atoms with E-state index in [-0.39, 0.29) is 0 Å². The van der Waals surface area contributed by atoms with Crippen LogP contribution in [0.4, 0.5) is 5.69 Å². The Morgan fingerprint density at radius 2 is 2.25 bits per heavy atom. The Labute approximate surface area is 121 Å². The van der Waals surface area contributed by atoms with Crippen molar-refractivity contribution in [3.8, 4) is 5.75 Å². The number of aromatic nitrogens is 2. The maximum atomic E-state index is 6.01. The van der Waals surface area contributed by atoms with Crippen LogP contribution in [-0.4, -0.2) is 17.1 Å². The summed E-state index contributed by atoms with van der Waals surface area (Å²) in [6.45, 7) is 0.705. The number of methoxy groups -OCH3 is 1. The highest BCUT2D eigenvalue weighted by atomic mass is 35.5. The van der Waals surface area contributed by atoms with Crippen LogP contribution >= 0.6 is 11.6 Å². The third kappa shape index (κ3) is 2.42. The number of rotatable bonds is 4. The highest BCUT2D eigenvalue weighted by Crippen LogP contribution is 2.28. The summed E-state index contributed by atoms with van der Waals surface area (Å²) in [5.74, 6) is 0.664. The molecule has 102 valence electrons. The summed E-state index contributed by atoms with van der Waals surface area (Å²) < 4.78 is 5.20. The van der Waals surface area contributed by atoms with Crippen LogP contribution in [0.15, 0.2) is 42.7 Å². The molecule has 0 aliphatic rings. The van der Waals surface area contributed by atoms with Crippen LogP contribution in [0.3, 0.4) is 0 Å². The van der Waals surface area contributed by atoms with Gasteiger partial charge in [0.25, 0.3) is 0 Å². The predicted molar refractivity (Wildman–Crippen MR) is 81.4 cm³/mol. The minimum absolute atomic E-state index is 0.606. The van der Waals surface area contributed by atoms with Gasteiger partial charge < -0.3 is 15.0 Å². The number of benzene rings is 1. The van der Waals surface area contributed by atoms with Crippen molar-refractivity contribution < 1.29 is 4.74 Å². The molecule has 0 amide bonds. The van der Waals surface area contributed by atoms with Gasteiger partial charge in [0.05, 0.1) is 12.1 Å². The molecule has 20 heavy (non-hydrogen) atoms. The summed E-state index contributed by atoms with van der Waals surface area (Å²) in [5.41, 5.74) is 3.03. The SMILES string of the molecule is COc1cc(NCc2c[nH]c3ncccc23)ccc1Cl. The first-order valence-electron chi connectivity index (χ1n) is 6.26. The van der Waals surface area contributed by atoms with Crippen LogP contribution in [0, 0.1) is 0 Å². The number of nitrogens with one attached hydrogen (secondary N) is 2. The Balaban J connectivity index is 1.79. The molecule has 2 aromatic heterocycles. The molecule has 0 aliphatic carbocycles. The number of aromatic amines is 1. The summed E-state index contributed by atoms with van der Waals surface area (Å²) in [7, 11) is 1.61. The van der Waals surface area contributed by atoms with E-state index in [0.29, 0.717) is 17.3 Å². The molecule has 0 saturated carbocycles. The zero-order valence-corrected chi connectivity index (χ0v) is 11.7. The third-order valence-corrected chi connectivity index (χ3v) is 3.48. The van der Waals surface area contributed by atoms with Gasteiger partial charge in [-0.05, 0) is 29.8 Å². The van der Waals surface area contributed by atoms with Crippen molar-refractivity contribution in [2.75, 3.05) is 12.4 Å². The molecule has 0 bridgehead atoms. The number of ether oxygens (including phenoxy) is 1. The highest BCUT2D eigenvalue weighted by molar-refractivity contribution is 6.32. The number of pyridine rings is 1. The minimum atomic E-state index is 0.606. The summed E-state index contributed by atoms with van der Waals surface area (Å²) >= 11 is 6.01. The molecule has 0 aliphatic heterocycles. The summed E-state index contributed by atoms with van der Waals surface area (Å²) in [6, 6.07) is 9.62. The molecule has 2 N–H and O–H groups in total. The first-order chi connectivity index (χ1) is 9.78. The Morgan fingerprint density at radius 3 is 3.10 bits per heavy atom. The fraction of sp³-hybridized carbons (Fsp3) is 0.133. The van der Waals surface area contributed by atoms with Crippen molar-refractivity contribution in [3.63, 3.8) is 0 Å². The van der Waals surface area contributed by atoms with Crippen LogP contribution < -0.4 is 10.1 Å². The monoisotopic (exact) mass is 287 g/mol. The average Bonchev–Trinajstić information content (AvgIpc) is 2.90. The van der Waals surface area contributed by atoms with E-state index in [4.69, 9.17) is 16.3 Å². The van der Waals surface area contributed by atoms with Crippen LogP contribution in [0.1, 0.15) is 5.56 Å². The lowest BCUT2D eigenvalue weighted by Crippen LogP contribution is -1.99. The van der Waals surface area contributed by atoms with E-state index in [1.54, 1.807) is 13.3 Å². The van der Waals surface area contributed by atoms with Crippen molar-refractivity contribution in [2.45, 2.75) is 6.54 Å². The summed E-state index contributed by atoms with van der Waals surface area (Å²) in [5, 5.41) is 5.09. The lowest BCUT2D eigenvalue weighted by molar-refractivity contribution is 0.415. The summed E-state index contributed by atoms with van der Waals surface area (Å²) in [6.07, 6.45) is 3.75. The van der Waals surface area contributed by atoms with Crippen LogP contribution in [-0.2, 0) is 6.54 Å². The second-order valence-corrected chi connectivity index (χ2v) is 4.82. The Hall–Kier alpha value is -2.20. The predicted octanol–water partition coefficient (Wildman–Crippen LogP) is 3.84. The molecular weight excluding hydrogens is 274 g/mol. The maximum Gasteiger partial charge on any atom is 0.139 e. The molecular formula is C15H14ClN3O. The minimum Gasteiger partial charge on any atom is -0.495 e. The van der Waals surface area contributed by atoms with Crippen LogP contribution in [0.25, 0.3) is 11.0 Å². The molecule has 0 spiro atoms.